The molecule has 2 aromatic heterocycles. The summed E-state index contributed by atoms with van der Waals surface area (Å²) >= 11 is 0. The van der Waals surface area contributed by atoms with Crippen LogP contribution >= 0.6 is 0 Å². The summed E-state index contributed by atoms with van der Waals surface area (Å²) in [5.41, 5.74) is 2.32. The van der Waals surface area contributed by atoms with E-state index in [-0.39, 0.29) is 18.0 Å². The van der Waals surface area contributed by atoms with Crippen molar-refractivity contribution in [2.75, 3.05) is 26.0 Å². The molecule has 0 spiro atoms. The molecule has 0 radical (unpaired) electrons. The highest BCUT2D eigenvalue weighted by molar-refractivity contribution is 6.02. The summed E-state index contributed by atoms with van der Waals surface area (Å²) in [5.74, 6) is 0.0673. The molecule has 3 N–H and O–H groups in total. The molecule has 1 aromatic carbocycles. The summed E-state index contributed by atoms with van der Waals surface area (Å²) in [5, 5.41) is 13.3. The molecule has 4 rings (SSSR count). The van der Waals surface area contributed by atoms with Crippen LogP contribution in [-0.4, -0.2) is 57.6 Å². The van der Waals surface area contributed by atoms with Gasteiger partial charge in [0.2, 0.25) is 0 Å². The second-order valence-corrected chi connectivity index (χ2v) is 8.92. The van der Waals surface area contributed by atoms with Crippen LogP contribution in [0.15, 0.2) is 54.7 Å². The topological polar surface area (TPSA) is 106 Å². The Balaban J connectivity index is 1.52. The molecule has 33 heavy (non-hydrogen) atoms. The third-order valence-electron chi connectivity index (χ3n) is 5.89. The van der Waals surface area contributed by atoms with Crippen molar-refractivity contribution < 1.29 is 9.59 Å². The molecule has 1 aliphatic heterocycles. The maximum absolute atomic E-state index is 13.4. The van der Waals surface area contributed by atoms with Crippen molar-refractivity contribution in [2.24, 2.45) is 0 Å². The summed E-state index contributed by atoms with van der Waals surface area (Å²) in [7, 11) is 3.96. The second kappa shape index (κ2) is 9.03. The molecule has 1 atom stereocenters. The van der Waals surface area contributed by atoms with E-state index in [0.29, 0.717) is 24.6 Å². The van der Waals surface area contributed by atoms with Crippen LogP contribution in [0, 0.1) is 0 Å². The number of amides is 3. The maximum atomic E-state index is 13.4. The number of urea groups is 1. The number of aromatic amines is 1. The fourth-order valence-electron chi connectivity index (χ4n) is 4.13. The van der Waals surface area contributed by atoms with Crippen LogP contribution in [0.5, 0.6) is 0 Å². The molecule has 9 heteroatoms. The van der Waals surface area contributed by atoms with Gasteiger partial charge in [0.05, 0.1) is 23.8 Å². The Kier molecular flexibility index (Phi) is 6.15. The number of benzene rings is 1. The third-order valence-corrected chi connectivity index (χ3v) is 5.89. The molecule has 0 saturated carbocycles. The minimum Gasteiger partial charge on any atom is -0.330 e. The molecule has 3 aromatic rings. The van der Waals surface area contributed by atoms with Gasteiger partial charge in [0.1, 0.15) is 5.69 Å². The number of pyridine rings is 1. The van der Waals surface area contributed by atoms with Crippen LogP contribution in [0.3, 0.4) is 0 Å². The fraction of sp³-hybridized carbons (Fsp3) is 0.333. The molecule has 0 aliphatic carbocycles. The Morgan fingerprint density at radius 3 is 2.55 bits per heavy atom. The predicted octanol–water partition coefficient (Wildman–Crippen LogP) is 3.12. The second-order valence-electron chi connectivity index (χ2n) is 8.92. The number of hydrogen-bond donors (Lipinski definition) is 3. The van der Waals surface area contributed by atoms with Crippen molar-refractivity contribution >= 4 is 17.8 Å². The van der Waals surface area contributed by atoms with Crippen LogP contribution in [0.1, 0.15) is 47.2 Å². The number of likely N-dealkylation sites (N-methyl/N-ethyl adjacent to an activating group) is 1. The van der Waals surface area contributed by atoms with Crippen LogP contribution in [0.4, 0.5) is 10.6 Å². The van der Waals surface area contributed by atoms with Crippen molar-refractivity contribution in [1.82, 2.24) is 30.3 Å². The minimum atomic E-state index is -0.625. The Hall–Kier alpha value is -3.72. The van der Waals surface area contributed by atoms with Crippen molar-refractivity contribution in [3.8, 4) is 0 Å². The zero-order chi connectivity index (χ0) is 23.6. The van der Waals surface area contributed by atoms with E-state index in [2.05, 4.69) is 25.8 Å². The van der Waals surface area contributed by atoms with Crippen LogP contribution in [0.2, 0.25) is 0 Å². The number of nitrogens with one attached hydrogen (secondary N) is 3. The highest BCUT2D eigenvalue weighted by Gasteiger charge is 2.44. The first-order chi connectivity index (χ1) is 15.8. The lowest BCUT2D eigenvalue weighted by molar-refractivity contribution is 0.102. The monoisotopic (exact) mass is 447 g/mol. The Morgan fingerprint density at radius 2 is 1.88 bits per heavy atom. The van der Waals surface area contributed by atoms with Crippen LogP contribution in [0.25, 0.3) is 0 Å². The molecule has 0 bridgehead atoms. The lowest BCUT2D eigenvalue weighted by Gasteiger charge is -2.34. The summed E-state index contributed by atoms with van der Waals surface area (Å²) in [6.45, 7) is 4.92. The predicted molar refractivity (Wildman–Crippen MR) is 126 cm³/mol. The van der Waals surface area contributed by atoms with Gasteiger partial charge in [-0.1, -0.05) is 36.4 Å². The summed E-state index contributed by atoms with van der Waals surface area (Å²) in [6, 6.07) is 14.7. The maximum Gasteiger partial charge on any atom is 0.319 e. The lowest BCUT2D eigenvalue weighted by Crippen LogP contribution is -2.48. The van der Waals surface area contributed by atoms with Gasteiger partial charge in [0, 0.05) is 18.3 Å². The number of carbonyl (C=O) groups is 2. The Bertz CT molecular complexity index is 1130. The standard InChI is InChI=1S/C24H29N7O2/c1-24(2)20-17(21(29-28-20)27-22(32)18-12-8-9-13-25-18)14-31(24)23(33)26-19(15-30(3)4)16-10-6-5-7-11-16/h5-13,19H,14-15H2,1-4H3,(H,26,33)(H2,27,28,29,32)/t19-/m1/s1. The van der Waals surface area contributed by atoms with Crippen LogP contribution in [-0.2, 0) is 12.1 Å². The summed E-state index contributed by atoms with van der Waals surface area (Å²) in [6.07, 6.45) is 1.57. The number of anilines is 1. The SMILES string of the molecule is CN(C)C[C@@H](NC(=O)N1Cc2c(NC(=O)c3ccccn3)n[nH]c2C1(C)C)c1ccccc1. The number of rotatable bonds is 6. The van der Waals surface area contributed by atoms with E-state index in [1.165, 1.54) is 0 Å². The number of hydrogen-bond acceptors (Lipinski definition) is 5. The third kappa shape index (κ3) is 4.58. The highest BCUT2D eigenvalue weighted by atomic mass is 16.2. The molecule has 0 fully saturated rings. The van der Waals surface area contributed by atoms with Gasteiger partial charge >= 0.3 is 6.03 Å². The van der Waals surface area contributed by atoms with Crippen molar-refractivity contribution in [2.45, 2.75) is 32.0 Å². The van der Waals surface area contributed by atoms with Gasteiger partial charge in [-0.15, -0.1) is 0 Å². The van der Waals surface area contributed by atoms with Gasteiger partial charge in [-0.05, 0) is 45.6 Å². The molecular formula is C24H29N7O2. The molecular weight excluding hydrogens is 418 g/mol. The number of nitrogens with zero attached hydrogens (tertiary/aromatic N) is 4. The Morgan fingerprint density at radius 1 is 1.15 bits per heavy atom. The lowest BCUT2D eigenvalue weighted by atomic mass is 10.0. The van der Waals surface area contributed by atoms with E-state index in [4.69, 9.17) is 0 Å². The van der Waals surface area contributed by atoms with Gasteiger partial charge in [-0.3, -0.25) is 14.9 Å². The summed E-state index contributed by atoms with van der Waals surface area (Å²) < 4.78 is 0. The van der Waals surface area contributed by atoms with Gasteiger partial charge < -0.3 is 20.4 Å². The molecule has 0 unspecified atom stereocenters. The normalized spacial score (nSPS) is 15.2. The van der Waals surface area contributed by atoms with Crippen molar-refractivity contribution in [3.63, 3.8) is 0 Å². The van der Waals surface area contributed by atoms with Gasteiger partial charge in [0.25, 0.3) is 5.91 Å². The number of fused-ring (bicyclic) bond motifs is 1. The molecule has 3 amide bonds. The first kappa shape index (κ1) is 22.5. The van der Waals surface area contributed by atoms with Gasteiger partial charge in [-0.25, -0.2) is 4.79 Å². The van der Waals surface area contributed by atoms with E-state index < -0.39 is 5.54 Å². The van der Waals surface area contributed by atoms with Crippen LogP contribution < -0.4 is 10.6 Å². The average molecular weight is 448 g/mol. The van der Waals surface area contributed by atoms with Crippen molar-refractivity contribution in [1.29, 1.82) is 0 Å². The first-order valence-corrected chi connectivity index (χ1v) is 10.8. The minimum absolute atomic E-state index is 0.162. The first-order valence-electron chi connectivity index (χ1n) is 10.8. The quantitative estimate of drug-likeness (QED) is 0.538. The Labute approximate surface area is 193 Å². The smallest absolute Gasteiger partial charge is 0.319 e. The molecule has 1 aliphatic rings. The molecule has 0 saturated heterocycles. The number of H-pyrrole nitrogens is 1. The highest BCUT2D eigenvalue weighted by Crippen LogP contribution is 2.40. The van der Waals surface area contributed by atoms with Gasteiger partial charge in [0.15, 0.2) is 5.82 Å². The van der Waals surface area contributed by atoms with E-state index in [1.807, 2.05) is 63.2 Å². The van der Waals surface area contributed by atoms with E-state index in [0.717, 1.165) is 16.8 Å². The zero-order valence-corrected chi connectivity index (χ0v) is 19.3. The fourth-order valence-corrected chi connectivity index (χ4v) is 4.13. The molecule has 9 nitrogen and oxygen atoms in total. The van der Waals surface area contributed by atoms with E-state index >= 15 is 0 Å². The van der Waals surface area contributed by atoms with E-state index in [1.54, 1.807) is 29.3 Å². The molecule has 3 heterocycles. The van der Waals surface area contributed by atoms with E-state index in [9.17, 15) is 9.59 Å². The largest absolute Gasteiger partial charge is 0.330 e. The summed E-state index contributed by atoms with van der Waals surface area (Å²) in [4.78, 5) is 33.9. The van der Waals surface area contributed by atoms with Gasteiger partial charge in [-0.2, -0.15) is 5.10 Å². The number of aromatic nitrogens is 3. The average Bonchev–Trinajstić information content (AvgIpc) is 3.32. The van der Waals surface area contributed by atoms with Crippen molar-refractivity contribution in [3.05, 3.63) is 77.2 Å². The molecule has 172 valence electrons. The zero-order valence-electron chi connectivity index (χ0n) is 19.3. The number of carbonyl (C=O) groups excluding carboxylic acids is 2.